The lowest BCUT2D eigenvalue weighted by Crippen LogP contribution is -2.49. The third kappa shape index (κ3) is 9.98. The summed E-state index contributed by atoms with van der Waals surface area (Å²) in [4.78, 5) is 69.0. The van der Waals surface area contributed by atoms with E-state index in [0.717, 1.165) is 107 Å². The van der Waals surface area contributed by atoms with E-state index in [0.29, 0.717) is 48.2 Å². The SMILES string of the molecule is CN(C)C(=O)c1cc2cnc(Nc3ccc(N4CCN(CC(=O)NCCCCCCCC(=O)Nc5ccccc5C=O)CC4)cn3)nc2n1C1CCCC1. The number of piperazine rings is 1. The Hall–Kier alpha value is -5.37. The number of fused-ring (bicyclic) bond motifs is 1. The van der Waals surface area contributed by atoms with Gasteiger partial charge in [-0.15, -0.1) is 0 Å². The molecule has 2 aliphatic rings. The fourth-order valence-electron chi connectivity index (χ4n) is 7.27. The number of rotatable bonds is 17. The van der Waals surface area contributed by atoms with Crippen LogP contribution < -0.4 is 20.9 Å². The summed E-state index contributed by atoms with van der Waals surface area (Å²) < 4.78 is 2.10. The van der Waals surface area contributed by atoms with Gasteiger partial charge in [-0.05, 0) is 56.0 Å². The molecule has 4 heterocycles. The number of benzene rings is 1. The fourth-order valence-corrected chi connectivity index (χ4v) is 7.27. The first-order chi connectivity index (χ1) is 26.3. The Balaban J connectivity index is 0.878. The Labute approximate surface area is 316 Å². The number of unbranched alkanes of at least 4 members (excludes halogenated alkanes) is 4. The summed E-state index contributed by atoms with van der Waals surface area (Å²) in [5.74, 6) is 1.00. The molecule has 3 N–H and O–H groups in total. The minimum absolute atomic E-state index is 0.0346. The molecule has 1 saturated carbocycles. The van der Waals surface area contributed by atoms with Crippen LogP contribution in [0.15, 0.2) is 54.9 Å². The lowest BCUT2D eigenvalue weighted by atomic mass is 10.1. The van der Waals surface area contributed by atoms with Crippen LogP contribution in [0.25, 0.3) is 11.0 Å². The molecule has 1 aromatic carbocycles. The van der Waals surface area contributed by atoms with Gasteiger partial charge in [-0.25, -0.2) is 9.97 Å². The number of nitrogens with zero attached hydrogens (tertiary/aromatic N) is 7. The number of anilines is 4. The van der Waals surface area contributed by atoms with E-state index in [1.54, 1.807) is 49.5 Å². The highest BCUT2D eigenvalue weighted by molar-refractivity contribution is 5.98. The summed E-state index contributed by atoms with van der Waals surface area (Å²) in [5, 5.41) is 9.96. The summed E-state index contributed by atoms with van der Waals surface area (Å²) in [6.07, 6.45) is 13.8. The van der Waals surface area contributed by atoms with Crippen molar-refractivity contribution in [1.29, 1.82) is 0 Å². The molecular weight excluding hydrogens is 685 g/mol. The first-order valence-corrected chi connectivity index (χ1v) is 19.2. The maximum absolute atomic E-state index is 13.0. The third-order valence-electron chi connectivity index (χ3n) is 10.2. The van der Waals surface area contributed by atoms with Crippen LogP contribution in [0.2, 0.25) is 0 Å². The zero-order chi connectivity index (χ0) is 37.9. The third-order valence-corrected chi connectivity index (χ3v) is 10.2. The molecular formula is C40H52N10O4. The molecule has 14 heteroatoms. The number of amides is 3. The zero-order valence-corrected chi connectivity index (χ0v) is 31.4. The molecule has 3 amide bonds. The van der Waals surface area contributed by atoms with Gasteiger partial charge in [0, 0.05) is 76.4 Å². The highest BCUT2D eigenvalue weighted by Crippen LogP contribution is 2.35. The number of carbonyl (C=O) groups excluding carboxylic acids is 4. The second-order valence-electron chi connectivity index (χ2n) is 14.4. The van der Waals surface area contributed by atoms with E-state index in [9.17, 15) is 19.2 Å². The maximum Gasteiger partial charge on any atom is 0.270 e. The Kier molecular flexibility index (Phi) is 13.2. The number of carbonyl (C=O) groups is 4. The molecule has 1 saturated heterocycles. The van der Waals surface area contributed by atoms with Crippen LogP contribution in [0.4, 0.5) is 23.1 Å². The number of aldehydes is 1. The van der Waals surface area contributed by atoms with Crippen molar-refractivity contribution in [1.82, 2.24) is 34.6 Å². The molecule has 14 nitrogen and oxygen atoms in total. The lowest BCUT2D eigenvalue weighted by molar-refractivity contribution is -0.122. The summed E-state index contributed by atoms with van der Waals surface area (Å²) in [6.45, 7) is 4.21. The van der Waals surface area contributed by atoms with Crippen LogP contribution >= 0.6 is 0 Å². The van der Waals surface area contributed by atoms with E-state index in [1.807, 2.05) is 24.4 Å². The minimum atomic E-state index is -0.0824. The molecule has 1 aliphatic carbocycles. The average Bonchev–Trinajstić information content (AvgIpc) is 3.84. The average molecular weight is 737 g/mol. The Morgan fingerprint density at radius 2 is 1.65 bits per heavy atom. The smallest absolute Gasteiger partial charge is 0.270 e. The van der Waals surface area contributed by atoms with Gasteiger partial charge in [-0.3, -0.25) is 24.1 Å². The summed E-state index contributed by atoms with van der Waals surface area (Å²) in [5.41, 5.74) is 3.46. The molecule has 0 radical (unpaired) electrons. The molecule has 286 valence electrons. The maximum atomic E-state index is 13.0. The van der Waals surface area contributed by atoms with Gasteiger partial charge in [0.2, 0.25) is 17.8 Å². The molecule has 54 heavy (non-hydrogen) atoms. The second-order valence-corrected chi connectivity index (χ2v) is 14.4. The first-order valence-electron chi connectivity index (χ1n) is 19.2. The largest absolute Gasteiger partial charge is 0.368 e. The van der Waals surface area contributed by atoms with Crippen molar-refractivity contribution < 1.29 is 19.2 Å². The van der Waals surface area contributed by atoms with Gasteiger partial charge in [-0.2, -0.15) is 4.98 Å². The van der Waals surface area contributed by atoms with Gasteiger partial charge in [0.25, 0.3) is 5.91 Å². The number of hydrogen-bond acceptors (Lipinski definition) is 10. The van der Waals surface area contributed by atoms with E-state index >= 15 is 0 Å². The Morgan fingerprint density at radius 3 is 2.39 bits per heavy atom. The second kappa shape index (κ2) is 18.6. The van der Waals surface area contributed by atoms with E-state index < -0.39 is 0 Å². The predicted molar refractivity (Wildman–Crippen MR) is 210 cm³/mol. The van der Waals surface area contributed by atoms with Crippen LogP contribution in [0.3, 0.4) is 0 Å². The van der Waals surface area contributed by atoms with Gasteiger partial charge in [-0.1, -0.05) is 44.2 Å². The highest BCUT2D eigenvalue weighted by atomic mass is 16.2. The lowest BCUT2D eigenvalue weighted by Gasteiger charge is -2.35. The highest BCUT2D eigenvalue weighted by Gasteiger charge is 2.27. The molecule has 1 aliphatic heterocycles. The quantitative estimate of drug-likeness (QED) is 0.0945. The van der Waals surface area contributed by atoms with Gasteiger partial charge in [0.15, 0.2) is 6.29 Å². The number of aromatic nitrogens is 4. The number of para-hydroxylation sites is 1. The van der Waals surface area contributed by atoms with Gasteiger partial charge < -0.3 is 30.3 Å². The van der Waals surface area contributed by atoms with E-state index in [2.05, 4.69) is 40.3 Å². The topological polar surface area (TPSA) is 158 Å². The summed E-state index contributed by atoms with van der Waals surface area (Å²) >= 11 is 0. The molecule has 6 rings (SSSR count). The Morgan fingerprint density at radius 1 is 0.889 bits per heavy atom. The van der Waals surface area contributed by atoms with E-state index in [-0.39, 0.29) is 23.8 Å². The van der Waals surface area contributed by atoms with E-state index in [4.69, 9.17) is 4.98 Å². The molecule has 4 aromatic rings. The van der Waals surface area contributed by atoms with Gasteiger partial charge in [0.1, 0.15) is 17.2 Å². The predicted octanol–water partition coefficient (Wildman–Crippen LogP) is 5.42. The van der Waals surface area contributed by atoms with Crippen molar-refractivity contribution in [2.75, 3.05) is 68.9 Å². The van der Waals surface area contributed by atoms with Gasteiger partial charge >= 0.3 is 0 Å². The zero-order valence-electron chi connectivity index (χ0n) is 31.4. The molecule has 0 unspecified atom stereocenters. The standard InChI is InChI=1S/C40H52N10O4/c1-47(2)39(54)34-24-30-25-43-40(46-38(30)50(34)31-13-8-9-14-31)45-35-18-17-32(26-42-35)49-22-20-48(21-23-49)27-37(53)41-19-11-5-3-4-6-16-36(52)44-33-15-10-7-12-29(33)28-51/h7,10,12,15,17-18,24-26,28,31H,3-6,8-9,11,13-14,16,19-23,27H2,1-2H3,(H,41,53)(H,44,52)(H,42,43,45,46). The Bertz CT molecular complexity index is 1900. The van der Waals surface area contributed by atoms with Crippen LogP contribution in [0.1, 0.15) is 91.1 Å². The number of hydrogen-bond donors (Lipinski definition) is 3. The van der Waals surface area contributed by atoms with Crippen molar-refractivity contribution >= 4 is 58.2 Å². The van der Waals surface area contributed by atoms with Crippen molar-refractivity contribution in [2.45, 2.75) is 70.3 Å². The number of pyridine rings is 1. The van der Waals surface area contributed by atoms with Crippen molar-refractivity contribution in [3.05, 3.63) is 66.1 Å². The number of nitrogens with one attached hydrogen (secondary N) is 3. The molecule has 0 bridgehead atoms. The van der Waals surface area contributed by atoms with Crippen LogP contribution in [0, 0.1) is 0 Å². The van der Waals surface area contributed by atoms with Gasteiger partial charge in [0.05, 0.1) is 24.1 Å². The van der Waals surface area contributed by atoms with Crippen molar-refractivity contribution in [2.24, 2.45) is 0 Å². The normalized spacial score (nSPS) is 15.0. The molecule has 3 aromatic heterocycles. The molecule has 2 fully saturated rings. The summed E-state index contributed by atoms with van der Waals surface area (Å²) in [6, 6.07) is 13.1. The van der Waals surface area contributed by atoms with Crippen LogP contribution in [0.5, 0.6) is 0 Å². The fraction of sp³-hybridized carbons (Fsp3) is 0.475. The van der Waals surface area contributed by atoms with E-state index in [1.165, 1.54) is 0 Å². The summed E-state index contributed by atoms with van der Waals surface area (Å²) in [7, 11) is 3.54. The van der Waals surface area contributed by atoms with Crippen LogP contribution in [-0.2, 0) is 9.59 Å². The van der Waals surface area contributed by atoms with Crippen LogP contribution in [-0.4, -0.2) is 107 Å². The van der Waals surface area contributed by atoms with Crippen molar-refractivity contribution in [3.8, 4) is 0 Å². The minimum Gasteiger partial charge on any atom is -0.368 e. The monoisotopic (exact) mass is 736 g/mol. The van der Waals surface area contributed by atoms with Crippen molar-refractivity contribution in [3.63, 3.8) is 0 Å². The molecule has 0 atom stereocenters. The first kappa shape index (κ1) is 38.4. The molecule has 0 spiro atoms.